The summed E-state index contributed by atoms with van der Waals surface area (Å²) in [5.41, 5.74) is 5.55. The zero-order chi connectivity index (χ0) is 34.5. The van der Waals surface area contributed by atoms with Crippen molar-refractivity contribution in [3.05, 3.63) is 112 Å². The van der Waals surface area contributed by atoms with E-state index in [1.807, 2.05) is 12.1 Å². The zero-order valence-electron chi connectivity index (χ0n) is 27.6. The summed E-state index contributed by atoms with van der Waals surface area (Å²) in [4.78, 5) is 40.5. The van der Waals surface area contributed by atoms with Crippen LogP contribution in [-0.4, -0.2) is 77.5 Å². The number of hydrogen-bond donors (Lipinski definition) is 4. The van der Waals surface area contributed by atoms with E-state index in [4.69, 9.17) is 10.5 Å². The molecule has 2 fully saturated rings. The van der Waals surface area contributed by atoms with Crippen LogP contribution >= 0.6 is 0 Å². The second-order valence-corrected chi connectivity index (χ2v) is 13.3. The van der Waals surface area contributed by atoms with Crippen molar-refractivity contribution in [1.29, 1.82) is 0 Å². The number of likely N-dealkylation sites (tertiary alicyclic amines) is 1. The van der Waals surface area contributed by atoms with Gasteiger partial charge in [0.2, 0.25) is 0 Å². The molecule has 2 aliphatic rings. The van der Waals surface area contributed by atoms with Gasteiger partial charge in [0.25, 0.3) is 5.69 Å². The number of hydrogen-bond acceptors (Lipinski definition) is 8. The first kappa shape index (κ1) is 35.2. The molecule has 5 rings (SSSR count). The van der Waals surface area contributed by atoms with E-state index in [1.54, 1.807) is 13.0 Å². The van der Waals surface area contributed by atoms with Gasteiger partial charge >= 0.3 is 11.9 Å². The van der Waals surface area contributed by atoms with Gasteiger partial charge in [-0.25, -0.2) is 0 Å². The van der Waals surface area contributed by atoms with Crippen molar-refractivity contribution >= 4 is 17.6 Å². The molecule has 0 radical (unpaired) electrons. The number of non-ortho nitro benzene ring substituents is 1. The molecular weight excluding hydrogens is 612 g/mol. The minimum Gasteiger partial charge on any atom is -0.481 e. The molecule has 0 saturated carbocycles. The van der Waals surface area contributed by atoms with Crippen LogP contribution in [0.4, 0.5) is 5.69 Å². The molecule has 0 amide bonds. The molecule has 0 spiro atoms. The summed E-state index contributed by atoms with van der Waals surface area (Å²) in [6.07, 6.45) is 1.18. The molecular formula is C37H46N4O7. The fourth-order valence-electron chi connectivity index (χ4n) is 8.59. The van der Waals surface area contributed by atoms with Crippen LogP contribution in [0.25, 0.3) is 0 Å². The Balaban J connectivity index is 1.46. The van der Waals surface area contributed by atoms with Crippen molar-refractivity contribution in [2.75, 3.05) is 33.4 Å². The number of methoxy groups -OCH3 is 1. The first-order chi connectivity index (χ1) is 23.0. The van der Waals surface area contributed by atoms with Gasteiger partial charge in [-0.05, 0) is 75.4 Å². The summed E-state index contributed by atoms with van der Waals surface area (Å²) in [5, 5.41) is 36.9. The molecule has 0 bridgehead atoms. The molecule has 2 aliphatic heterocycles. The summed E-state index contributed by atoms with van der Waals surface area (Å²) in [7, 11) is 1.44. The maximum Gasteiger partial charge on any atom is 0.313 e. The number of nitro groups is 1. The van der Waals surface area contributed by atoms with Crippen LogP contribution in [0.15, 0.2) is 84.9 Å². The minimum absolute atomic E-state index is 0.00947. The van der Waals surface area contributed by atoms with Gasteiger partial charge in [-0.1, -0.05) is 72.8 Å². The highest BCUT2D eigenvalue weighted by Crippen LogP contribution is 2.58. The highest BCUT2D eigenvalue weighted by molar-refractivity contribution is 5.84. The van der Waals surface area contributed by atoms with Crippen molar-refractivity contribution in [2.45, 2.75) is 62.6 Å². The molecule has 5 atom stereocenters. The number of nitrogens with two attached hydrogens (primary N) is 1. The molecule has 3 aromatic rings. The molecule has 256 valence electrons. The van der Waals surface area contributed by atoms with E-state index >= 15 is 0 Å². The van der Waals surface area contributed by atoms with Crippen molar-refractivity contribution in [1.82, 2.24) is 10.2 Å². The molecule has 0 aliphatic carbocycles. The maximum absolute atomic E-state index is 13.6. The number of ether oxygens (including phenoxy) is 1. The average Bonchev–Trinajstić information content (AvgIpc) is 3.09. The van der Waals surface area contributed by atoms with Gasteiger partial charge in [-0.3, -0.25) is 25.0 Å². The van der Waals surface area contributed by atoms with E-state index in [0.717, 1.165) is 25.9 Å². The van der Waals surface area contributed by atoms with Crippen molar-refractivity contribution in [2.24, 2.45) is 16.6 Å². The highest BCUT2D eigenvalue weighted by Gasteiger charge is 2.67. The molecule has 11 heteroatoms. The Labute approximate surface area is 281 Å². The number of benzene rings is 3. The number of carboxylic acids is 2. The number of aliphatic carboxylic acids is 2. The van der Waals surface area contributed by atoms with Crippen LogP contribution in [0.5, 0.6) is 0 Å². The Morgan fingerprint density at radius 1 is 0.938 bits per heavy atom. The summed E-state index contributed by atoms with van der Waals surface area (Å²) in [5.74, 6) is -3.63. The average molecular weight is 659 g/mol. The standard InChI is InChI=1S/C37H46N4O7/c1-26-36(33(42)43,31(27-11-9-16-30(25-27)41(46)47)37(34(44)45,20-24-48-2)32(38)39-26)17-10-21-40-22-18-35(19-23-40,28-12-5-3-6-13-28)29-14-7-4-8-15-29/h3-9,11-16,25-26,31-32,39H,10,17-24,38H2,1-2H3,(H,42,43)(H,44,45). The third-order valence-electron chi connectivity index (χ3n) is 11.1. The summed E-state index contributed by atoms with van der Waals surface area (Å²) in [6.45, 7) is 3.96. The third-order valence-corrected chi connectivity index (χ3v) is 11.1. The predicted molar refractivity (Wildman–Crippen MR) is 182 cm³/mol. The molecule has 2 saturated heterocycles. The lowest BCUT2D eigenvalue weighted by molar-refractivity contribution is -0.385. The van der Waals surface area contributed by atoms with Gasteiger partial charge in [-0.15, -0.1) is 0 Å². The van der Waals surface area contributed by atoms with Crippen LogP contribution in [-0.2, 0) is 19.7 Å². The molecule has 5 unspecified atom stereocenters. The largest absolute Gasteiger partial charge is 0.481 e. The highest BCUT2D eigenvalue weighted by atomic mass is 16.6. The third kappa shape index (κ3) is 6.23. The molecule has 3 aromatic carbocycles. The zero-order valence-corrected chi connectivity index (χ0v) is 27.6. The Morgan fingerprint density at radius 3 is 2.04 bits per heavy atom. The predicted octanol–water partition coefficient (Wildman–Crippen LogP) is 5.00. The van der Waals surface area contributed by atoms with Crippen LogP contribution in [0, 0.1) is 20.9 Å². The lowest BCUT2D eigenvalue weighted by Gasteiger charge is -2.57. The lowest BCUT2D eigenvalue weighted by Crippen LogP contribution is -2.73. The molecule has 11 nitrogen and oxygen atoms in total. The van der Waals surface area contributed by atoms with Gasteiger partial charge < -0.3 is 25.6 Å². The van der Waals surface area contributed by atoms with Crippen molar-refractivity contribution < 1.29 is 29.5 Å². The van der Waals surface area contributed by atoms with E-state index in [1.165, 1.54) is 36.4 Å². The van der Waals surface area contributed by atoms with Crippen LogP contribution in [0.2, 0.25) is 0 Å². The van der Waals surface area contributed by atoms with Gasteiger partial charge in [0, 0.05) is 43.2 Å². The second-order valence-electron chi connectivity index (χ2n) is 13.3. The number of carboxylic acid groups (broad SMARTS) is 2. The van der Waals surface area contributed by atoms with E-state index < -0.39 is 45.8 Å². The summed E-state index contributed by atoms with van der Waals surface area (Å²) < 4.78 is 5.30. The first-order valence-electron chi connectivity index (χ1n) is 16.6. The lowest BCUT2D eigenvalue weighted by atomic mass is 9.50. The molecule has 5 N–H and O–H groups in total. The maximum atomic E-state index is 13.6. The normalized spacial score (nSPS) is 27.3. The van der Waals surface area contributed by atoms with E-state index in [0.29, 0.717) is 13.0 Å². The number of nitrogens with one attached hydrogen (secondary N) is 1. The number of nitrogens with zero attached hydrogens (tertiary/aromatic N) is 2. The fourth-order valence-corrected chi connectivity index (χ4v) is 8.59. The summed E-state index contributed by atoms with van der Waals surface area (Å²) >= 11 is 0. The molecule has 48 heavy (non-hydrogen) atoms. The topological polar surface area (TPSA) is 168 Å². The monoisotopic (exact) mass is 658 g/mol. The Bertz CT molecular complexity index is 1540. The van der Waals surface area contributed by atoms with Gasteiger partial charge in [-0.2, -0.15) is 0 Å². The van der Waals surface area contributed by atoms with Crippen LogP contribution < -0.4 is 11.1 Å². The number of rotatable bonds is 13. The SMILES string of the molecule is COCCC1(C(=O)O)C(N)NC(C)C(CCCN2CCC(c3ccccc3)(c3ccccc3)CC2)(C(=O)O)C1c1cccc([N+](=O)[O-])c1. The van der Waals surface area contributed by atoms with Crippen molar-refractivity contribution in [3.8, 4) is 0 Å². The van der Waals surface area contributed by atoms with Gasteiger partial charge in [0.15, 0.2) is 0 Å². The fraction of sp³-hybridized carbons (Fsp3) is 0.459. The second kappa shape index (κ2) is 14.5. The van der Waals surface area contributed by atoms with Gasteiger partial charge in [0.1, 0.15) is 5.41 Å². The van der Waals surface area contributed by atoms with Gasteiger partial charge in [0.05, 0.1) is 16.5 Å². The number of nitro benzene ring substituents is 1. The van der Waals surface area contributed by atoms with E-state index in [2.05, 4.69) is 58.7 Å². The minimum atomic E-state index is -1.83. The van der Waals surface area contributed by atoms with E-state index in [9.17, 15) is 29.9 Å². The Morgan fingerprint density at radius 2 is 1.52 bits per heavy atom. The number of carbonyl (C=O) groups is 2. The molecule has 0 aromatic heterocycles. The van der Waals surface area contributed by atoms with Crippen LogP contribution in [0.3, 0.4) is 0 Å². The smallest absolute Gasteiger partial charge is 0.313 e. The quantitative estimate of drug-likeness (QED) is 0.145. The number of piperidine rings is 2. The van der Waals surface area contributed by atoms with Crippen LogP contribution in [0.1, 0.15) is 61.6 Å². The van der Waals surface area contributed by atoms with Crippen molar-refractivity contribution in [3.63, 3.8) is 0 Å². The summed E-state index contributed by atoms with van der Waals surface area (Å²) in [6, 6.07) is 26.0. The molecule has 2 heterocycles. The Kier molecular flexibility index (Phi) is 10.6. The van der Waals surface area contributed by atoms with E-state index in [-0.39, 0.29) is 36.1 Å². The first-order valence-corrected chi connectivity index (χ1v) is 16.6. The Hall–Kier alpha value is -4.16.